The molecule has 0 saturated carbocycles. The standard InChI is InChI=1S/C22H31N3O/c1-3-22(11-6-13-23-16(2)26)12-7-14-25-15-10-18-17-8-4-5-9-19(17)24-20(18)21(22)25/h4-5,8-9,21,24H,3,6-7,10-15H2,1-2H3,(H,23,26). The number of rotatable bonds is 5. The molecule has 2 aromatic rings. The topological polar surface area (TPSA) is 48.1 Å². The Bertz CT molecular complexity index is 796. The highest BCUT2D eigenvalue weighted by Gasteiger charge is 2.46. The van der Waals surface area contributed by atoms with E-state index in [0.717, 1.165) is 19.4 Å². The first-order valence-corrected chi connectivity index (χ1v) is 10.2. The van der Waals surface area contributed by atoms with Gasteiger partial charge in [-0.3, -0.25) is 9.69 Å². The van der Waals surface area contributed by atoms with Crippen LogP contribution in [0.5, 0.6) is 0 Å². The summed E-state index contributed by atoms with van der Waals surface area (Å²) in [7, 11) is 0. The first-order valence-electron chi connectivity index (χ1n) is 10.2. The van der Waals surface area contributed by atoms with Crippen molar-refractivity contribution in [3.8, 4) is 0 Å². The summed E-state index contributed by atoms with van der Waals surface area (Å²) in [6.45, 7) is 7.15. The van der Waals surface area contributed by atoms with E-state index in [-0.39, 0.29) is 5.91 Å². The average molecular weight is 354 g/mol. The Morgan fingerprint density at radius 3 is 3.00 bits per heavy atom. The highest BCUT2D eigenvalue weighted by Crippen LogP contribution is 2.53. The van der Waals surface area contributed by atoms with Gasteiger partial charge in [0.15, 0.2) is 0 Å². The number of carbonyl (C=O) groups is 1. The van der Waals surface area contributed by atoms with Gasteiger partial charge in [0.2, 0.25) is 5.91 Å². The SMILES string of the molecule is CCC1(CCCNC(C)=O)CCCN2CCc3c([nH]c4ccccc34)C21. The minimum Gasteiger partial charge on any atom is -0.357 e. The molecule has 1 aromatic carbocycles. The van der Waals surface area contributed by atoms with Gasteiger partial charge in [-0.05, 0) is 62.1 Å². The van der Waals surface area contributed by atoms with Crippen molar-refractivity contribution in [2.75, 3.05) is 19.6 Å². The molecule has 1 aromatic heterocycles. The lowest BCUT2D eigenvalue weighted by atomic mass is 9.65. The molecule has 4 heteroatoms. The summed E-state index contributed by atoms with van der Waals surface area (Å²) in [6, 6.07) is 9.27. The predicted molar refractivity (Wildman–Crippen MR) is 106 cm³/mol. The summed E-state index contributed by atoms with van der Waals surface area (Å²) < 4.78 is 0. The maximum Gasteiger partial charge on any atom is 0.216 e. The van der Waals surface area contributed by atoms with E-state index in [2.05, 4.69) is 46.4 Å². The average Bonchev–Trinajstić information content (AvgIpc) is 3.03. The lowest BCUT2D eigenvalue weighted by Crippen LogP contribution is -2.49. The van der Waals surface area contributed by atoms with Crippen LogP contribution in [0.2, 0.25) is 0 Å². The van der Waals surface area contributed by atoms with Crippen molar-refractivity contribution in [1.29, 1.82) is 0 Å². The van der Waals surface area contributed by atoms with Crippen molar-refractivity contribution >= 4 is 16.8 Å². The molecule has 1 fully saturated rings. The van der Waals surface area contributed by atoms with Gasteiger partial charge in [-0.1, -0.05) is 25.1 Å². The molecule has 140 valence electrons. The fourth-order valence-corrected chi connectivity index (χ4v) is 5.51. The number of benzene rings is 1. The molecule has 2 unspecified atom stereocenters. The molecule has 0 bridgehead atoms. The number of hydrogen-bond donors (Lipinski definition) is 2. The third-order valence-electron chi connectivity index (χ3n) is 6.76. The molecule has 0 aliphatic carbocycles. The maximum absolute atomic E-state index is 11.2. The smallest absolute Gasteiger partial charge is 0.216 e. The first-order chi connectivity index (χ1) is 12.6. The van der Waals surface area contributed by atoms with Crippen LogP contribution in [0, 0.1) is 5.41 Å². The second-order valence-electron chi connectivity index (χ2n) is 8.16. The van der Waals surface area contributed by atoms with Gasteiger partial charge >= 0.3 is 0 Å². The maximum atomic E-state index is 11.2. The molecule has 1 amide bonds. The Morgan fingerprint density at radius 2 is 2.19 bits per heavy atom. The molecular formula is C22H31N3O. The summed E-state index contributed by atoms with van der Waals surface area (Å²) >= 11 is 0. The monoisotopic (exact) mass is 353 g/mol. The highest BCUT2D eigenvalue weighted by atomic mass is 16.1. The number of hydrogen-bond acceptors (Lipinski definition) is 2. The molecule has 2 atom stereocenters. The van der Waals surface area contributed by atoms with Crippen molar-refractivity contribution in [2.45, 2.75) is 58.4 Å². The van der Waals surface area contributed by atoms with E-state index in [1.54, 1.807) is 12.5 Å². The lowest BCUT2D eigenvalue weighted by Gasteiger charge is -2.52. The van der Waals surface area contributed by atoms with Crippen molar-refractivity contribution in [2.24, 2.45) is 5.41 Å². The number of fused-ring (bicyclic) bond motifs is 5. The lowest BCUT2D eigenvalue weighted by molar-refractivity contribution is -0.119. The first kappa shape index (κ1) is 17.6. The van der Waals surface area contributed by atoms with E-state index < -0.39 is 0 Å². The number of aromatic nitrogens is 1. The van der Waals surface area contributed by atoms with Crippen LogP contribution in [0.25, 0.3) is 10.9 Å². The second kappa shape index (κ2) is 7.07. The molecular weight excluding hydrogens is 322 g/mol. The van der Waals surface area contributed by atoms with E-state index >= 15 is 0 Å². The number of nitrogens with zero attached hydrogens (tertiary/aromatic N) is 1. The Morgan fingerprint density at radius 1 is 1.35 bits per heavy atom. The van der Waals surface area contributed by atoms with Crippen LogP contribution in [0.4, 0.5) is 0 Å². The third kappa shape index (κ3) is 2.94. The van der Waals surface area contributed by atoms with Crippen molar-refractivity contribution in [3.63, 3.8) is 0 Å². The Labute approximate surface area is 156 Å². The molecule has 26 heavy (non-hydrogen) atoms. The van der Waals surface area contributed by atoms with Crippen LogP contribution in [-0.2, 0) is 11.2 Å². The molecule has 2 N–H and O–H groups in total. The van der Waals surface area contributed by atoms with Crippen LogP contribution in [0.3, 0.4) is 0 Å². The van der Waals surface area contributed by atoms with Crippen LogP contribution in [0.1, 0.15) is 63.3 Å². The van der Waals surface area contributed by atoms with E-state index in [1.165, 1.54) is 55.4 Å². The van der Waals surface area contributed by atoms with Crippen LogP contribution in [0.15, 0.2) is 24.3 Å². The molecule has 2 aliphatic heterocycles. The van der Waals surface area contributed by atoms with Gasteiger partial charge < -0.3 is 10.3 Å². The fraction of sp³-hybridized carbons (Fsp3) is 0.591. The zero-order chi connectivity index (χ0) is 18.1. The zero-order valence-electron chi connectivity index (χ0n) is 16.1. The molecule has 3 heterocycles. The predicted octanol–water partition coefficient (Wildman–Crippen LogP) is 4.17. The Balaban J connectivity index is 1.67. The number of aromatic amines is 1. The minimum absolute atomic E-state index is 0.0800. The minimum atomic E-state index is 0.0800. The van der Waals surface area contributed by atoms with Crippen molar-refractivity contribution in [1.82, 2.24) is 15.2 Å². The Kier molecular flexibility index (Phi) is 4.78. The van der Waals surface area contributed by atoms with Gasteiger partial charge in [0, 0.05) is 36.6 Å². The van der Waals surface area contributed by atoms with Crippen LogP contribution >= 0.6 is 0 Å². The van der Waals surface area contributed by atoms with Gasteiger partial charge in [-0.15, -0.1) is 0 Å². The summed E-state index contributed by atoms with van der Waals surface area (Å²) in [4.78, 5) is 17.7. The number of piperidine rings is 1. The Hall–Kier alpha value is -1.81. The molecule has 0 spiro atoms. The van der Waals surface area contributed by atoms with Crippen LogP contribution in [-0.4, -0.2) is 35.4 Å². The highest BCUT2D eigenvalue weighted by molar-refractivity contribution is 5.85. The van der Waals surface area contributed by atoms with Gasteiger partial charge in [0.05, 0.1) is 6.04 Å². The van der Waals surface area contributed by atoms with Gasteiger partial charge in [-0.2, -0.15) is 0 Å². The summed E-state index contributed by atoms with van der Waals surface area (Å²) in [5.74, 6) is 0.0800. The van der Waals surface area contributed by atoms with Crippen molar-refractivity contribution < 1.29 is 4.79 Å². The van der Waals surface area contributed by atoms with Gasteiger partial charge in [0.25, 0.3) is 0 Å². The van der Waals surface area contributed by atoms with E-state index in [4.69, 9.17) is 0 Å². The van der Waals surface area contributed by atoms with E-state index in [9.17, 15) is 4.79 Å². The molecule has 1 saturated heterocycles. The van der Waals surface area contributed by atoms with E-state index in [0.29, 0.717) is 11.5 Å². The summed E-state index contributed by atoms with van der Waals surface area (Å²) in [6.07, 6.45) is 7.18. The number of nitrogens with one attached hydrogen (secondary N) is 2. The molecule has 2 aliphatic rings. The largest absolute Gasteiger partial charge is 0.357 e. The third-order valence-corrected chi connectivity index (χ3v) is 6.76. The number of para-hydroxylation sites is 1. The second-order valence-corrected chi connectivity index (χ2v) is 8.16. The number of H-pyrrole nitrogens is 1. The van der Waals surface area contributed by atoms with Gasteiger partial charge in [0.1, 0.15) is 0 Å². The normalized spacial score (nSPS) is 25.7. The summed E-state index contributed by atoms with van der Waals surface area (Å²) in [5, 5.41) is 4.39. The van der Waals surface area contributed by atoms with Crippen LogP contribution < -0.4 is 5.32 Å². The molecule has 4 nitrogen and oxygen atoms in total. The molecule has 4 rings (SSSR count). The molecule has 0 radical (unpaired) electrons. The van der Waals surface area contributed by atoms with Crippen molar-refractivity contribution in [3.05, 3.63) is 35.5 Å². The van der Waals surface area contributed by atoms with E-state index in [1.807, 2.05) is 0 Å². The summed E-state index contributed by atoms with van der Waals surface area (Å²) in [5.41, 5.74) is 4.61. The number of carbonyl (C=O) groups excluding carboxylic acids is 1. The number of amides is 1. The quantitative estimate of drug-likeness (QED) is 0.793. The fourth-order valence-electron chi connectivity index (χ4n) is 5.51. The zero-order valence-corrected chi connectivity index (χ0v) is 16.1. The van der Waals surface area contributed by atoms with Gasteiger partial charge in [-0.25, -0.2) is 0 Å².